The summed E-state index contributed by atoms with van der Waals surface area (Å²) in [6, 6.07) is 0.628. The second kappa shape index (κ2) is 12.2. The summed E-state index contributed by atoms with van der Waals surface area (Å²) in [5, 5.41) is 0. The first-order valence-electron chi connectivity index (χ1n) is 10.6. The van der Waals surface area contributed by atoms with Crippen molar-refractivity contribution >= 4 is 36.6 Å². The van der Waals surface area contributed by atoms with Crippen LogP contribution in [0.2, 0.25) is 0 Å². The molecular weight excluding hydrogens is 399 g/mol. The van der Waals surface area contributed by atoms with E-state index in [0.29, 0.717) is 24.9 Å². The van der Waals surface area contributed by atoms with Crippen molar-refractivity contribution < 1.29 is 9.59 Å². The Labute approximate surface area is 182 Å². The fourth-order valence-corrected chi connectivity index (χ4v) is 4.80. The Morgan fingerprint density at radius 1 is 0.929 bits per heavy atom. The van der Waals surface area contributed by atoms with E-state index in [4.69, 9.17) is 5.73 Å². The summed E-state index contributed by atoms with van der Waals surface area (Å²) >= 11 is 0. The lowest BCUT2D eigenvalue weighted by atomic mass is 9.94. The number of rotatable bonds is 5. The van der Waals surface area contributed by atoms with Gasteiger partial charge < -0.3 is 15.5 Å². The lowest BCUT2D eigenvalue weighted by Crippen LogP contribution is -2.52. The number of hydrogen-bond donors (Lipinski definition) is 1. The molecule has 6 nitrogen and oxygen atoms in total. The Kier molecular flexibility index (Phi) is 11.1. The number of nitrogens with two attached hydrogens (primary N) is 1. The van der Waals surface area contributed by atoms with Crippen molar-refractivity contribution in [3.8, 4) is 0 Å². The summed E-state index contributed by atoms with van der Waals surface area (Å²) in [4.78, 5) is 31.2. The first-order chi connectivity index (χ1) is 12.5. The second-order valence-electron chi connectivity index (χ2n) is 8.51. The molecule has 2 amide bonds. The minimum atomic E-state index is 0. The van der Waals surface area contributed by atoms with Crippen molar-refractivity contribution in [2.75, 3.05) is 39.8 Å². The molecule has 28 heavy (non-hydrogen) atoms. The molecule has 0 aromatic heterocycles. The molecule has 0 aromatic rings. The Morgan fingerprint density at radius 3 is 2.14 bits per heavy atom. The summed E-state index contributed by atoms with van der Waals surface area (Å²) in [7, 11) is 1.96. The van der Waals surface area contributed by atoms with Gasteiger partial charge >= 0.3 is 0 Å². The first kappa shape index (κ1) is 25.5. The van der Waals surface area contributed by atoms with Gasteiger partial charge in [0.05, 0.1) is 6.54 Å². The molecule has 2 N–H and O–H groups in total. The van der Waals surface area contributed by atoms with Crippen LogP contribution in [0.25, 0.3) is 0 Å². The van der Waals surface area contributed by atoms with Gasteiger partial charge in [0, 0.05) is 51.7 Å². The van der Waals surface area contributed by atoms with Gasteiger partial charge in [-0.15, -0.1) is 24.8 Å². The van der Waals surface area contributed by atoms with Crippen LogP contribution in [0.3, 0.4) is 0 Å². The monoisotopic (exact) mass is 436 g/mol. The summed E-state index contributed by atoms with van der Waals surface area (Å²) in [6.45, 7) is 3.56. The first-order valence-corrected chi connectivity index (χ1v) is 10.6. The van der Waals surface area contributed by atoms with Crippen molar-refractivity contribution in [3.63, 3.8) is 0 Å². The van der Waals surface area contributed by atoms with Crippen LogP contribution in [-0.2, 0) is 9.59 Å². The van der Waals surface area contributed by atoms with E-state index < -0.39 is 0 Å². The van der Waals surface area contributed by atoms with E-state index >= 15 is 0 Å². The maximum atomic E-state index is 12.6. The topological polar surface area (TPSA) is 69.9 Å². The molecule has 0 unspecified atom stereocenters. The van der Waals surface area contributed by atoms with Crippen molar-refractivity contribution in [2.24, 2.45) is 11.7 Å². The normalized spacial score (nSPS) is 26.3. The quantitative estimate of drug-likeness (QED) is 0.717. The molecule has 3 rings (SSSR count). The molecular formula is C20H38Cl2N4O2. The molecule has 164 valence electrons. The lowest BCUT2D eigenvalue weighted by Gasteiger charge is -2.37. The van der Waals surface area contributed by atoms with Crippen LogP contribution in [0, 0.1) is 5.92 Å². The third-order valence-corrected chi connectivity index (χ3v) is 6.75. The molecule has 3 fully saturated rings. The number of halogens is 2. The number of carbonyl (C=O) groups excluding carboxylic acids is 2. The van der Waals surface area contributed by atoms with Crippen LogP contribution in [0.4, 0.5) is 0 Å². The highest BCUT2D eigenvalue weighted by Gasteiger charge is 2.30. The number of piperazine rings is 1. The molecule has 8 heteroatoms. The molecule has 0 bridgehead atoms. The van der Waals surface area contributed by atoms with Gasteiger partial charge in [0.15, 0.2) is 0 Å². The SMILES string of the molecule is CN(C(=O)CN1CCN(C(=O)C[C@@H]2CCC[C@H]2N)CC1)C1CCCCC1.Cl.Cl. The maximum absolute atomic E-state index is 12.6. The summed E-state index contributed by atoms with van der Waals surface area (Å²) in [5.41, 5.74) is 6.10. The predicted molar refractivity (Wildman–Crippen MR) is 117 cm³/mol. The van der Waals surface area contributed by atoms with Crippen LogP contribution >= 0.6 is 24.8 Å². The fourth-order valence-electron chi connectivity index (χ4n) is 4.80. The Hall–Kier alpha value is -0.560. The van der Waals surface area contributed by atoms with Crippen LogP contribution in [0.1, 0.15) is 57.8 Å². The van der Waals surface area contributed by atoms with Crippen LogP contribution in [-0.4, -0.2) is 78.4 Å². The van der Waals surface area contributed by atoms with E-state index in [-0.39, 0.29) is 42.7 Å². The highest BCUT2D eigenvalue weighted by atomic mass is 35.5. The minimum absolute atomic E-state index is 0. The summed E-state index contributed by atoms with van der Waals surface area (Å²) < 4.78 is 0. The van der Waals surface area contributed by atoms with Crippen LogP contribution in [0.5, 0.6) is 0 Å². The van der Waals surface area contributed by atoms with Gasteiger partial charge in [-0.1, -0.05) is 25.7 Å². The van der Waals surface area contributed by atoms with E-state index in [1.54, 1.807) is 0 Å². The molecule has 1 heterocycles. The van der Waals surface area contributed by atoms with Crippen LogP contribution in [0.15, 0.2) is 0 Å². The number of nitrogens with zero attached hydrogens (tertiary/aromatic N) is 3. The highest BCUT2D eigenvalue weighted by molar-refractivity contribution is 5.85. The zero-order valence-electron chi connectivity index (χ0n) is 17.2. The molecule has 1 aliphatic heterocycles. The highest BCUT2D eigenvalue weighted by Crippen LogP contribution is 2.27. The Bertz CT molecular complexity index is 495. The van der Waals surface area contributed by atoms with E-state index in [0.717, 1.165) is 58.3 Å². The summed E-state index contributed by atoms with van der Waals surface area (Å²) in [5.74, 6) is 0.845. The Balaban J connectivity index is 0.00000196. The van der Waals surface area contributed by atoms with Gasteiger partial charge in [-0.05, 0) is 31.6 Å². The van der Waals surface area contributed by atoms with Gasteiger partial charge in [-0.3, -0.25) is 14.5 Å². The van der Waals surface area contributed by atoms with E-state index in [1.807, 2.05) is 16.8 Å². The predicted octanol–water partition coefficient (Wildman–Crippen LogP) is 2.28. The van der Waals surface area contributed by atoms with E-state index in [1.165, 1.54) is 19.3 Å². The molecule has 0 aromatic carbocycles. The fraction of sp³-hybridized carbons (Fsp3) is 0.900. The maximum Gasteiger partial charge on any atom is 0.236 e. The third-order valence-electron chi connectivity index (χ3n) is 6.75. The number of hydrogen-bond acceptors (Lipinski definition) is 4. The Morgan fingerprint density at radius 2 is 1.57 bits per heavy atom. The summed E-state index contributed by atoms with van der Waals surface area (Å²) in [6.07, 6.45) is 9.99. The smallest absolute Gasteiger partial charge is 0.236 e. The van der Waals surface area contributed by atoms with Crippen molar-refractivity contribution in [1.82, 2.24) is 14.7 Å². The van der Waals surface area contributed by atoms with E-state index in [9.17, 15) is 9.59 Å². The molecule has 2 saturated carbocycles. The number of carbonyl (C=O) groups is 2. The largest absolute Gasteiger partial charge is 0.342 e. The molecule has 0 radical (unpaired) electrons. The zero-order valence-corrected chi connectivity index (χ0v) is 18.8. The van der Waals surface area contributed by atoms with Gasteiger partial charge in [-0.25, -0.2) is 0 Å². The number of likely N-dealkylation sites (N-methyl/N-ethyl adjacent to an activating group) is 1. The standard InChI is InChI=1S/C20H36N4O2.2ClH/c1-22(17-7-3-2-4-8-17)20(26)15-23-10-12-24(13-11-23)19(25)14-16-6-5-9-18(16)21;;/h16-18H,2-15,21H2,1H3;2*1H/t16-,18+;;/m0../s1. The number of amides is 2. The van der Waals surface area contributed by atoms with E-state index in [2.05, 4.69) is 4.90 Å². The average Bonchev–Trinajstić information content (AvgIpc) is 3.07. The lowest BCUT2D eigenvalue weighted by molar-refractivity contribution is -0.136. The van der Waals surface area contributed by atoms with Crippen molar-refractivity contribution in [3.05, 3.63) is 0 Å². The van der Waals surface area contributed by atoms with Gasteiger partial charge in [0.25, 0.3) is 0 Å². The third kappa shape index (κ3) is 6.75. The minimum Gasteiger partial charge on any atom is -0.342 e. The van der Waals surface area contributed by atoms with Gasteiger partial charge in [-0.2, -0.15) is 0 Å². The zero-order chi connectivity index (χ0) is 18.5. The molecule has 2 atom stereocenters. The molecule has 3 aliphatic rings. The molecule has 2 aliphatic carbocycles. The van der Waals surface area contributed by atoms with Crippen LogP contribution < -0.4 is 5.73 Å². The second-order valence-corrected chi connectivity index (χ2v) is 8.51. The van der Waals surface area contributed by atoms with Crippen molar-refractivity contribution in [2.45, 2.75) is 69.9 Å². The van der Waals surface area contributed by atoms with Gasteiger partial charge in [0.1, 0.15) is 0 Å². The average molecular weight is 437 g/mol. The molecule has 0 spiro atoms. The van der Waals surface area contributed by atoms with Gasteiger partial charge in [0.2, 0.25) is 11.8 Å². The van der Waals surface area contributed by atoms with Crippen molar-refractivity contribution in [1.29, 1.82) is 0 Å². The molecule has 1 saturated heterocycles.